The molecule has 0 aromatic rings. The standard InChI is InChI=1S/C13H17NO4/c1-3-10(13(17)18-4-2)7-8-12(16)14-9-5-6-11(14)15/h1,4-9H2,2H3. The molecule has 0 spiro atoms. The highest BCUT2D eigenvalue weighted by Crippen LogP contribution is 2.14. The van der Waals surface area contributed by atoms with Crippen molar-refractivity contribution < 1.29 is 19.1 Å². The number of hydrogen-bond donors (Lipinski definition) is 0. The van der Waals surface area contributed by atoms with Gasteiger partial charge in [0, 0.05) is 19.4 Å². The van der Waals surface area contributed by atoms with Gasteiger partial charge in [0.05, 0.1) is 12.2 Å². The van der Waals surface area contributed by atoms with E-state index in [-0.39, 0.29) is 36.8 Å². The van der Waals surface area contributed by atoms with E-state index in [1.165, 1.54) is 4.90 Å². The Morgan fingerprint density at radius 2 is 2.17 bits per heavy atom. The van der Waals surface area contributed by atoms with E-state index in [0.29, 0.717) is 19.4 Å². The number of carbonyl (C=O) groups is 3. The Labute approximate surface area is 106 Å². The fraction of sp³-hybridized carbons (Fsp3) is 0.538. The molecule has 0 aliphatic carbocycles. The third-order valence-electron chi connectivity index (χ3n) is 2.70. The van der Waals surface area contributed by atoms with Crippen LogP contribution in [0.3, 0.4) is 0 Å². The summed E-state index contributed by atoms with van der Waals surface area (Å²) >= 11 is 0. The van der Waals surface area contributed by atoms with Crippen molar-refractivity contribution in [2.75, 3.05) is 13.2 Å². The van der Waals surface area contributed by atoms with Crippen LogP contribution in [0, 0.1) is 0 Å². The molecule has 0 unspecified atom stereocenters. The van der Waals surface area contributed by atoms with Gasteiger partial charge in [-0.2, -0.15) is 0 Å². The van der Waals surface area contributed by atoms with Crippen LogP contribution >= 0.6 is 0 Å². The zero-order valence-electron chi connectivity index (χ0n) is 10.5. The topological polar surface area (TPSA) is 63.7 Å². The second-order valence-electron chi connectivity index (χ2n) is 3.92. The minimum Gasteiger partial charge on any atom is -0.462 e. The van der Waals surface area contributed by atoms with Crippen molar-refractivity contribution in [3.8, 4) is 0 Å². The van der Waals surface area contributed by atoms with E-state index in [2.05, 4.69) is 12.3 Å². The lowest BCUT2D eigenvalue weighted by molar-refractivity contribution is -0.141. The summed E-state index contributed by atoms with van der Waals surface area (Å²) in [6.07, 6.45) is 1.44. The van der Waals surface area contributed by atoms with Gasteiger partial charge < -0.3 is 4.74 Å². The van der Waals surface area contributed by atoms with E-state index in [1.54, 1.807) is 6.92 Å². The number of carbonyl (C=O) groups excluding carboxylic acids is 3. The second kappa shape index (κ2) is 6.77. The monoisotopic (exact) mass is 251 g/mol. The van der Waals surface area contributed by atoms with Crippen LogP contribution in [0.4, 0.5) is 0 Å². The summed E-state index contributed by atoms with van der Waals surface area (Å²) in [7, 11) is 0. The molecule has 0 aromatic carbocycles. The first-order chi connectivity index (χ1) is 8.60. The largest absolute Gasteiger partial charge is 0.462 e. The molecule has 1 aliphatic rings. The predicted octanol–water partition coefficient (Wildman–Crippen LogP) is 1.19. The molecule has 0 aromatic heterocycles. The lowest BCUT2D eigenvalue weighted by Gasteiger charge is -2.13. The molecular formula is C13H17NO4. The van der Waals surface area contributed by atoms with Gasteiger partial charge in [-0.15, -0.1) is 5.73 Å². The van der Waals surface area contributed by atoms with E-state index < -0.39 is 5.97 Å². The highest BCUT2D eigenvalue weighted by atomic mass is 16.5. The van der Waals surface area contributed by atoms with Crippen molar-refractivity contribution in [2.24, 2.45) is 0 Å². The number of likely N-dealkylation sites (tertiary alicyclic amines) is 1. The molecule has 1 saturated heterocycles. The number of esters is 1. The van der Waals surface area contributed by atoms with Gasteiger partial charge in [0.2, 0.25) is 11.8 Å². The molecule has 1 rings (SSSR count). The first-order valence-corrected chi connectivity index (χ1v) is 5.99. The van der Waals surface area contributed by atoms with Crippen LogP contribution in [0.2, 0.25) is 0 Å². The van der Waals surface area contributed by atoms with Crippen LogP contribution in [0.25, 0.3) is 0 Å². The smallest absolute Gasteiger partial charge is 0.341 e. The zero-order valence-corrected chi connectivity index (χ0v) is 10.5. The Kier molecular flexibility index (Phi) is 5.33. The molecular weight excluding hydrogens is 234 g/mol. The lowest BCUT2D eigenvalue weighted by atomic mass is 10.1. The Morgan fingerprint density at radius 3 is 2.67 bits per heavy atom. The van der Waals surface area contributed by atoms with Gasteiger partial charge in [-0.1, -0.05) is 6.58 Å². The van der Waals surface area contributed by atoms with E-state index in [0.717, 1.165) is 0 Å². The molecule has 2 amide bonds. The van der Waals surface area contributed by atoms with Crippen LogP contribution in [-0.2, 0) is 19.1 Å². The summed E-state index contributed by atoms with van der Waals surface area (Å²) in [5.41, 5.74) is 2.73. The average Bonchev–Trinajstić information content (AvgIpc) is 2.76. The molecule has 0 N–H and O–H groups in total. The van der Waals surface area contributed by atoms with Gasteiger partial charge in [0.25, 0.3) is 0 Å². The molecule has 18 heavy (non-hydrogen) atoms. The summed E-state index contributed by atoms with van der Waals surface area (Å²) in [6, 6.07) is 0. The number of rotatable bonds is 5. The van der Waals surface area contributed by atoms with Crippen LogP contribution in [0.1, 0.15) is 32.6 Å². The van der Waals surface area contributed by atoms with Gasteiger partial charge in [-0.05, 0) is 19.8 Å². The Hall–Kier alpha value is -1.87. The molecule has 1 heterocycles. The maximum atomic E-state index is 11.7. The van der Waals surface area contributed by atoms with Gasteiger partial charge >= 0.3 is 5.97 Å². The molecule has 1 fully saturated rings. The van der Waals surface area contributed by atoms with Crippen molar-refractivity contribution in [1.29, 1.82) is 0 Å². The fourth-order valence-corrected chi connectivity index (χ4v) is 1.76. The molecule has 5 heteroatoms. The second-order valence-corrected chi connectivity index (χ2v) is 3.92. The van der Waals surface area contributed by atoms with E-state index in [9.17, 15) is 14.4 Å². The first kappa shape index (κ1) is 14.2. The van der Waals surface area contributed by atoms with Crippen molar-refractivity contribution >= 4 is 17.8 Å². The summed E-state index contributed by atoms with van der Waals surface area (Å²) in [5, 5.41) is 0. The Balaban J connectivity index is 2.48. The zero-order chi connectivity index (χ0) is 13.5. The highest BCUT2D eigenvalue weighted by molar-refractivity contribution is 5.97. The number of hydrogen-bond acceptors (Lipinski definition) is 4. The van der Waals surface area contributed by atoms with Crippen LogP contribution in [0.15, 0.2) is 17.9 Å². The highest BCUT2D eigenvalue weighted by Gasteiger charge is 2.26. The minimum atomic E-state index is -0.506. The number of amides is 2. The van der Waals surface area contributed by atoms with Crippen molar-refractivity contribution in [1.82, 2.24) is 4.90 Å². The Morgan fingerprint density at radius 1 is 1.44 bits per heavy atom. The van der Waals surface area contributed by atoms with Crippen molar-refractivity contribution in [3.63, 3.8) is 0 Å². The third-order valence-corrected chi connectivity index (χ3v) is 2.70. The molecule has 0 saturated carbocycles. The molecule has 1 aliphatic heterocycles. The van der Waals surface area contributed by atoms with E-state index in [4.69, 9.17) is 4.74 Å². The van der Waals surface area contributed by atoms with E-state index in [1.807, 2.05) is 0 Å². The molecule has 0 bridgehead atoms. The molecule has 98 valence electrons. The number of ether oxygens (including phenoxy) is 1. The number of nitrogens with zero attached hydrogens (tertiary/aromatic N) is 1. The van der Waals surface area contributed by atoms with Gasteiger partial charge in [0.15, 0.2) is 0 Å². The lowest BCUT2D eigenvalue weighted by Crippen LogP contribution is -2.31. The number of imide groups is 1. The van der Waals surface area contributed by atoms with Crippen molar-refractivity contribution in [2.45, 2.75) is 32.6 Å². The quantitative estimate of drug-likeness (QED) is 0.418. The summed E-state index contributed by atoms with van der Waals surface area (Å²) < 4.78 is 4.80. The van der Waals surface area contributed by atoms with Gasteiger partial charge in [0.1, 0.15) is 0 Å². The van der Waals surface area contributed by atoms with Crippen LogP contribution < -0.4 is 0 Å². The SMILES string of the molecule is C=C=C(CCC(=O)N1CCCC1=O)C(=O)OCC. The normalized spacial score (nSPS) is 14.3. The summed E-state index contributed by atoms with van der Waals surface area (Å²) in [6.45, 7) is 5.84. The van der Waals surface area contributed by atoms with E-state index >= 15 is 0 Å². The molecule has 0 atom stereocenters. The third kappa shape index (κ3) is 3.57. The predicted molar refractivity (Wildman–Crippen MR) is 64.5 cm³/mol. The van der Waals surface area contributed by atoms with Crippen LogP contribution in [-0.4, -0.2) is 35.8 Å². The van der Waals surface area contributed by atoms with Crippen LogP contribution in [0.5, 0.6) is 0 Å². The maximum absolute atomic E-state index is 11.7. The minimum absolute atomic E-state index is 0.0996. The maximum Gasteiger partial charge on any atom is 0.341 e. The van der Waals surface area contributed by atoms with Gasteiger partial charge in [-0.25, -0.2) is 4.79 Å². The van der Waals surface area contributed by atoms with Gasteiger partial charge in [-0.3, -0.25) is 14.5 Å². The molecule has 0 radical (unpaired) electrons. The summed E-state index contributed by atoms with van der Waals surface area (Å²) in [5.74, 6) is -0.900. The Bertz CT molecular complexity index is 407. The first-order valence-electron chi connectivity index (χ1n) is 5.99. The average molecular weight is 251 g/mol. The van der Waals surface area contributed by atoms with Crippen molar-refractivity contribution in [3.05, 3.63) is 17.9 Å². The summed E-state index contributed by atoms with van der Waals surface area (Å²) in [4.78, 5) is 35.8. The molecule has 5 nitrogen and oxygen atoms in total. The fourth-order valence-electron chi connectivity index (χ4n) is 1.76.